The van der Waals surface area contributed by atoms with Gasteiger partial charge < -0.3 is 18.3 Å². The van der Waals surface area contributed by atoms with Gasteiger partial charge in [-0.15, -0.1) is 0 Å². The maximum atomic E-state index is 10.8. The molecule has 2 rings (SSSR count). The Morgan fingerprint density at radius 1 is 1.08 bits per heavy atom. The molecule has 0 N–H and O–H groups in total. The first-order valence-electron chi connectivity index (χ1n) is 7.30. The highest BCUT2D eigenvalue weighted by atomic mass is 35.5. The predicted octanol–water partition coefficient (Wildman–Crippen LogP) is 6.40. The van der Waals surface area contributed by atoms with Gasteiger partial charge in [-0.3, -0.25) is 0 Å². The molecule has 2 heterocycles. The summed E-state index contributed by atoms with van der Waals surface area (Å²) < 4.78 is 18.8. The van der Waals surface area contributed by atoms with E-state index < -0.39 is 5.43 Å². The quantitative estimate of drug-likeness (QED) is 0.338. The van der Waals surface area contributed by atoms with Crippen LogP contribution in [0.5, 0.6) is 0 Å². The number of halogens is 1. The molecule has 2 aromatic heterocycles. The van der Waals surface area contributed by atoms with Crippen molar-refractivity contribution < 1.29 is 27.9 Å². The third kappa shape index (κ3) is 16.0. The molecule has 0 aliphatic carbocycles. The Balaban J connectivity index is 0. The third-order valence-electron chi connectivity index (χ3n) is 2.17. The highest BCUT2D eigenvalue weighted by Crippen LogP contribution is 2.14. The highest BCUT2D eigenvalue weighted by molar-refractivity contribution is 8.12. The van der Waals surface area contributed by atoms with Gasteiger partial charge in [-0.1, -0.05) is 7.43 Å². The van der Waals surface area contributed by atoms with Gasteiger partial charge in [0, 0.05) is 17.4 Å². The molecule has 0 aliphatic heterocycles. The minimum absolute atomic E-state index is 0. The largest absolute Gasteiger partial charge is 0.468 e. The molecule has 0 spiro atoms. The lowest BCUT2D eigenvalue weighted by Gasteiger charge is -1.97. The Morgan fingerprint density at radius 2 is 1.62 bits per heavy atom. The monoisotopic (exact) mass is 424 g/mol. The minimum Gasteiger partial charge on any atom is -0.468 e. The van der Waals surface area contributed by atoms with Crippen molar-refractivity contribution in [1.29, 1.82) is 0 Å². The van der Waals surface area contributed by atoms with Gasteiger partial charge in [0.25, 0.3) is 0 Å². The van der Waals surface area contributed by atoms with E-state index >= 15 is 0 Å². The van der Waals surface area contributed by atoms with Crippen LogP contribution in [0.1, 0.15) is 32.8 Å². The normalized spacial score (nSPS) is 8.77. The second-order valence-electron chi connectivity index (χ2n) is 3.96. The van der Waals surface area contributed by atoms with E-state index in [1.807, 2.05) is 18.2 Å². The molecule has 2 aromatic rings. The van der Waals surface area contributed by atoms with Crippen LogP contribution in [0.2, 0.25) is 0 Å². The van der Waals surface area contributed by atoms with Crippen LogP contribution in [0.15, 0.2) is 45.6 Å². The van der Waals surface area contributed by atoms with Crippen LogP contribution >= 0.6 is 36.0 Å². The van der Waals surface area contributed by atoms with Crippen LogP contribution in [0.4, 0.5) is 9.59 Å². The molecular weight excluding hydrogens is 400 g/mol. The summed E-state index contributed by atoms with van der Waals surface area (Å²) in [5, 5.41) is -0.256. The zero-order valence-corrected chi connectivity index (χ0v) is 16.4. The van der Waals surface area contributed by atoms with Gasteiger partial charge in [0.2, 0.25) is 0 Å². The molecule has 0 bridgehead atoms. The van der Waals surface area contributed by atoms with E-state index in [4.69, 9.17) is 25.2 Å². The third-order valence-corrected chi connectivity index (χ3v) is 3.37. The first-order chi connectivity index (χ1) is 12.0. The van der Waals surface area contributed by atoms with E-state index in [-0.39, 0.29) is 12.7 Å². The molecule has 9 heteroatoms. The standard InChI is InChI=1S/C8H10O3S.C5H6OS.C3H5ClO2.CH4/c1-2-10-8(9)12-6-7-4-3-5-11-7;7-4-5-2-1-3-6-5;1-2-6-3(4)5;/h3-5H,2,6H2,1H3;1-3,7H,4H2;2H2,1H3;1H4. The number of hydrogen-bond donors (Lipinski definition) is 1. The van der Waals surface area contributed by atoms with Gasteiger partial charge in [-0.05, 0) is 49.9 Å². The Morgan fingerprint density at radius 3 is 1.92 bits per heavy atom. The molecule has 0 unspecified atom stereocenters. The van der Waals surface area contributed by atoms with Gasteiger partial charge in [0.15, 0.2) is 0 Å². The van der Waals surface area contributed by atoms with Crippen molar-refractivity contribution >= 4 is 46.7 Å². The fraction of sp³-hybridized carbons (Fsp3) is 0.412. The number of carbonyl (C=O) groups is 2. The Kier molecular flexibility index (Phi) is 18.8. The van der Waals surface area contributed by atoms with Crippen molar-refractivity contribution in [2.75, 3.05) is 13.2 Å². The van der Waals surface area contributed by atoms with Crippen LogP contribution < -0.4 is 0 Å². The summed E-state index contributed by atoms with van der Waals surface area (Å²) in [7, 11) is 0. The zero-order chi connectivity index (χ0) is 18.9. The summed E-state index contributed by atoms with van der Waals surface area (Å²) >= 11 is 9.80. The van der Waals surface area contributed by atoms with Crippen molar-refractivity contribution in [1.82, 2.24) is 0 Å². The number of thiol groups is 1. The average molecular weight is 425 g/mol. The number of carbonyl (C=O) groups excluding carboxylic acids is 2. The summed E-state index contributed by atoms with van der Waals surface area (Å²) in [5.41, 5.74) is -0.738. The van der Waals surface area contributed by atoms with Crippen LogP contribution in [0.3, 0.4) is 0 Å². The second kappa shape index (κ2) is 18.3. The lowest BCUT2D eigenvalue weighted by Crippen LogP contribution is -1.96. The molecule has 0 saturated heterocycles. The molecule has 0 aromatic carbocycles. The number of ether oxygens (including phenoxy) is 2. The number of thioether (sulfide) groups is 1. The molecule has 26 heavy (non-hydrogen) atoms. The fourth-order valence-electron chi connectivity index (χ4n) is 1.20. The van der Waals surface area contributed by atoms with E-state index in [0.717, 1.165) is 23.3 Å². The Bertz CT molecular complexity index is 558. The first-order valence-corrected chi connectivity index (χ1v) is 9.30. The van der Waals surface area contributed by atoms with Crippen molar-refractivity contribution in [3.63, 3.8) is 0 Å². The number of furan rings is 2. The van der Waals surface area contributed by atoms with Crippen LogP contribution in [-0.4, -0.2) is 23.9 Å². The van der Waals surface area contributed by atoms with E-state index in [9.17, 15) is 9.59 Å². The molecule has 0 radical (unpaired) electrons. The SMILES string of the molecule is C.CCOC(=O)Cl.CCOC(=O)SCc1ccco1.SCc1ccco1. The summed E-state index contributed by atoms with van der Waals surface area (Å²) in [6.07, 6.45) is 3.23. The average Bonchev–Trinajstić information content (AvgIpc) is 3.28. The van der Waals surface area contributed by atoms with Crippen LogP contribution in [-0.2, 0) is 21.0 Å². The molecule has 0 atom stereocenters. The minimum atomic E-state index is -0.738. The van der Waals surface area contributed by atoms with E-state index in [1.54, 1.807) is 32.4 Å². The van der Waals surface area contributed by atoms with Crippen LogP contribution in [0.25, 0.3) is 0 Å². The first kappa shape index (κ1) is 26.7. The maximum absolute atomic E-state index is 10.8. The van der Waals surface area contributed by atoms with Crippen molar-refractivity contribution in [3.05, 3.63) is 48.3 Å². The topological polar surface area (TPSA) is 78.9 Å². The van der Waals surface area contributed by atoms with Crippen molar-refractivity contribution in [2.45, 2.75) is 32.8 Å². The molecule has 0 aliphatic rings. The van der Waals surface area contributed by atoms with E-state index in [2.05, 4.69) is 17.4 Å². The lowest BCUT2D eigenvalue weighted by atomic mass is 10.5. The number of rotatable bonds is 5. The molecule has 148 valence electrons. The predicted molar refractivity (Wildman–Crippen MR) is 108 cm³/mol. The zero-order valence-electron chi connectivity index (χ0n) is 14.0. The van der Waals surface area contributed by atoms with E-state index in [0.29, 0.717) is 24.7 Å². The summed E-state index contributed by atoms with van der Waals surface area (Å²) in [4.78, 5) is 20.4. The molecule has 0 amide bonds. The lowest BCUT2D eigenvalue weighted by molar-refractivity contribution is 0.179. The van der Waals surface area contributed by atoms with Crippen molar-refractivity contribution in [3.8, 4) is 0 Å². The Hall–Kier alpha value is -1.51. The smallest absolute Gasteiger partial charge is 0.403 e. The van der Waals surface area contributed by atoms with Gasteiger partial charge >= 0.3 is 10.7 Å². The molecular formula is C17H25ClO6S2. The summed E-state index contributed by atoms with van der Waals surface area (Å²) in [6, 6.07) is 7.37. The summed E-state index contributed by atoms with van der Waals surface area (Å²) in [5.74, 6) is 2.93. The maximum Gasteiger partial charge on any atom is 0.403 e. The van der Waals surface area contributed by atoms with Gasteiger partial charge in [-0.2, -0.15) is 12.6 Å². The van der Waals surface area contributed by atoms with Crippen LogP contribution in [0, 0.1) is 0 Å². The Labute approximate surface area is 169 Å². The molecule has 0 fully saturated rings. The fourth-order valence-corrected chi connectivity index (χ4v) is 2.11. The van der Waals surface area contributed by atoms with Crippen molar-refractivity contribution in [2.24, 2.45) is 0 Å². The highest BCUT2D eigenvalue weighted by Gasteiger charge is 2.03. The van der Waals surface area contributed by atoms with Gasteiger partial charge in [0.05, 0.1) is 31.5 Å². The van der Waals surface area contributed by atoms with E-state index in [1.165, 1.54) is 0 Å². The van der Waals surface area contributed by atoms with Gasteiger partial charge in [0.1, 0.15) is 11.5 Å². The number of hydrogen-bond acceptors (Lipinski definition) is 8. The molecule has 0 saturated carbocycles. The second-order valence-corrected chi connectivity index (χ2v) is 5.49. The summed E-state index contributed by atoms with van der Waals surface area (Å²) in [6.45, 7) is 4.25. The molecule has 6 nitrogen and oxygen atoms in total. The van der Waals surface area contributed by atoms with Gasteiger partial charge in [-0.25, -0.2) is 9.59 Å².